The Kier molecular flexibility index (Phi) is 7.57. The minimum atomic E-state index is -0.833. The average Bonchev–Trinajstić information content (AvgIpc) is 2.30. The van der Waals surface area contributed by atoms with Crippen molar-refractivity contribution in [3.05, 3.63) is 0 Å². The number of aliphatic hydroxyl groups excluding tert-OH is 1. The number of hydrogen-bond acceptors (Lipinski definition) is 4. The van der Waals surface area contributed by atoms with Crippen LogP contribution in [-0.2, 0) is 4.79 Å². The van der Waals surface area contributed by atoms with E-state index in [-0.39, 0.29) is 12.6 Å². The third-order valence-electron chi connectivity index (χ3n) is 1.57. The molecule has 0 aromatic carbocycles. The number of aliphatic carboxylic acids is 1. The Bertz CT molecular complexity index is 129. The summed E-state index contributed by atoms with van der Waals surface area (Å²) in [4.78, 5) is 9.00. The highest BCUT2D eigenvalue weighted by molar-refractivity contribution is 5.62. The van der Waals surface area contributed by atoms with E-state index in [1.165, 1.54) is 0 Å². The van der Waals surface area contributed by atoms with E-state index in [2.05, 4.69) is 10.6 Å². The van der Waals surface area contributed by atoms with E-state index in [4.69, 9.17) is 15.0 Å². The molecule has 1 aliphatic rings. The summed E-state index contributed by atoms with van der Waals surface area (Å²) in [7, 11) is 0. The van der Waals surface area contributed by atoms with Crippen molar-refractivity contribution in [3.63, 3.8) is 0 Å². The summed E-state index contributed by atoms with van der Waals surface area (Å²) in [6, 6.07) is 0.271. The quantitative estimate of drug-likeness (QED) is 0.427. The van der Waals surface area contributed by atoms with Crippen LogP contribution in [0.5, 0.6) is 0 Å². The number of carboxylic acid groups (broad SMARTS) is 1. The fourth-order valence-corrected chi connectivity index (χ4v) is 0.997. The van der Waals surface area contributed by atoms with Gasteiger partial charge in [0.2, 0.25) is 0 Å². The second kappa shape index (κ2) is 7.97. The van der Waals surface area contributed by atoms with Crippen LogP contribution < -0.4 is 10.6 Å². The van der Waals surface area contributed by atoms with Gasteiger partial charge in [-0.3, -0.25) is 4.79 Å². The third kappa shape index (κ3) is 9.26. The standard InChI is InChI=1S/C6H14N2O.C2H4O2/c9-5-6-4-7-2-1-3-8-6;1-2(3)4/h6-9H,1-5H2;1H3,(H,3,4). The highest BCUT2D eigenvalue weighted by Crippen LogP contribution is 1.86. The summed E-state index contributed by atoms with van der Waals surface area (Å²) in [6.07, 6.45) is 1.16. The van der Waals surface area contributed by atoms with Gasteiger partial charge >= 0.3 is 0 Å². The van der Waals surface area contributed by atoms with E-state index in [0.29, 0.717) is 0 Å². The molecule has 1 fully saturated rings. The van der Waals surface area contributed by atoms with E-state index in [1.807, 2.05) is 0 Å². The molecule has 5 heteroatoms. The smallest absolute Gasteiger partial charge is 0.300 e. The van der Waals surface area contributed by atoms with Gasteiger partial charge in [-0.1, -0.05) is 0 Å². The van der Waals surface area contributed by atoms with Crippen molar-refractivity contribution < 1.29 is 15.0 Å². The van der Waals surface area contributed by atoms with Crippen LogP contribution in [0.2, 0.25) is 0 Å². The number of aliphatic hydroxyl groups is 1. The maximum absolute atomic E-state index is 9.00. The molecule has 1 aliphatic heterocycles. The van der Waals surface area contributed by atoms with Gasteiger partial charge in [-0.15, -0.1) is 0 Å². The van der Waals surface area contributed by atoms with Crippen LogP contribution in [0.15, 0.2) is 0 Å². The van der Waals surface area contributed by atoms with Gasteiger partial charge in [0.1, 0.15) is 0 Å². The van der Waals surface area contributed by atoms with Gasteiger partial charge in [0, 0.05) is 19.5 Å². The Balaban J connectivity index is 0.000000310. The topological polar surface area (TPSA) is 81.6 Å². The molecule has 13 heavy (non-hydrogen) atoms. The first-order valence-electron chi connectivity index (χ1n) is 4.41. The van der Waals surface area contributed by atoms with Gasteiger partial charge in [0.25, 0.3) is 5.97 Å². The van der Waals surface area contributed by atoms with Crippen molar-refractivity contribution >= 4 is 5.97 Å². The molecule has 1 saturated heterocycles. The zero-order valence-electron chi connectivity index (χ0n) is 7.92. The van der Waals surface area contributed by atoms with E-state index >= 15 is 0 Å². The second-order valence-electron chi connectivity index (χ2n) is 2.91. The van der Waals surface area contributed by atoms with Crippen LogP contribution in [0.3, 0.4) is 0 Å². The first-order chi connectivity index (χ1) is 6.16. The molecule has 0 radical (unpaired) electrons. The van der Waals surface area contributed by atoms with Crippen molar-refractivity contribution in [2.45, 2.75) is 19.4 Å². The fourth-order valence-electron chi connectivity index (χ4n) is 0.997. The lowest BCUT2D eigenvalue weighted by molar-refractivity contribution is -0.134. The molecule has 0 aromatic rings. The van der Waals surface area contributed by atoms with Gasteiger partial charge < -0.3 is 20.8 Å². The number of carbonyl (C=O) groups is 1. The predicted molar refractivity (Wildman–Crippen MR) is 49.7 cm³/mol. The lowest BCUT2D eigenvalue weighted by Crippen LogP contribution is -2.38. The highest BCUT2D eigenvalue weighted by atomic mass is 16.4. The number of hydrogen-bond donors (Lipinski definition) is 4. The summed E-state index contributed by atoms with van der Waals surface area (Å²) < 4.78 is 0. The van der Waals surface area contributed by atoms with Crippen LogP contribution >= 0.6 is 0 Å². The minimum absolute atomic E-state index is 0.243. The van der Waals surface area contributed by atoms with Crippen molar-refractivity contribution in [2.24, 2.45) is 0 Å². The fraction of sp³-hybridized carbons (Fsp3) is 0.875. The molecule has 1 atom stereocenters. The minimum Gasteiger partial charge on any atom is -0.481 e. The summed E-state index contributed by atoms with van der Waals surface area (Å²) in [5.41, 5.74) is 0. The van der Waals surface area contributed by atoms with Gasteiger partial charge in [-0.2, -0.15) is 0 Å². The SMILES string of the molecule is CC(=O)O.OCC1CNCCCN1. The molecule has 0 bridgehead atoms. The second-order valence-corrected chi connectivity index (χ2v) is 2.91. The molecule has 0 aliphatic carbocycles. The van der Waals surface area contributed by atoms with E-state index in [0.717, 1.165) is 33.0 Å². The molecule has 78 valence electrons. The first-order valence-corrected chi connectivity index (χ1v) is 4.41. The number of carboxylic acids is 1. The van der Waals surface area contributed by atoms with Gasteiger partial charge in [-0.05, 0) is 19.5 Å². The molecule has 5 nitrogen and oxygen atoms in total. The average molecular weight is 190 g/mol. The van der Waals surface area contributed by atoms with E-state index in [1.54, 1.807) is 0 Å². The Morgan fingerprint density at radius 2 is 2.15 bits per heavy atom. The lowest BCUT2D eigenvalue weighted by atomic mass is 10.3. The third-order valence-corrected chi connectivity index (χ3v) is 1.57. The zero-order valence-corrected chi connectivity index (χ0v) is 7.92. The largest absolute Gasteiger partial charge is 0.481 e. The van der Waals surface area contributed by atoms with Gasteiger partial charge in [0.15, 0.2) is 0 Å². The van der Waals surface area contributed by atoms with Gasteiger partial charge in [0.05, 0.1) is 6.61 Å². The molecule has 0 aromatic heterocycles. The zero-order chi connectivity index (χ0) is 10.1. The van der Waals surface area contributed by atoms with Crippen LogP contribution in [-0.4, -0.2) is 48.5 Å². The van der Waals surface area contributed by atoms with Crippen molar-refractivity contribution in [2.75, 3.05) is 26.2 Å². The van der Waals surface area contributed by atoms with E-state index < -0.39 is 5.97 Å². The van der Waals surface area contributed by atoms with Crippen LogP contribution in [0.25, 0.3) is 0 Å². The van der Waals surface area contributed by atoms with Crippen LogP contribution in [0, 0.1) is 0 Å². The molecule has 1 rings (SSSR count). The number of nitrogens with one attached hydrogen (secondary N) is 2. The summed E-state index contributed by atoms with van der Waals surface area (Å²) in [5.74, 6) is -0.833. The molecule has 1 heterocycles. The normalized spacial score (nSPS) is 22.5. The van der Waals surface area contributed by atoms with E-state index in [9.17, 15) is 0 Å². The Labute approximate surface area is 78.1 Å². The Hall–Kier alpha value is -0.650. The highest BCUT2D eigenvalue weighted by Gasteiger charge is 2.07. The van der Waals surface area contributed by atoms with Crippen LogP contribution in [0.4, 0.5) is 0 Å². The van der Waals surface area contributed by atoms with Crippen molar-refractivity contribution in [3.8, 4) is 0 Å². The summed E-state index contributed by atoms with van der Waals surface area (Å²) >= 11 is 0. The Morgan fingerprint density at radius 3 is 2.69 bits per heavy atom. The summed E-state index contributed by atoms with van der Waals surface area (Å²) in [6.45, 7) is 4.32. The molecular weight excluding hydrogens is 172 g/mol. The molecule has 0 amide bonds. The maximum atomic E-state index is 9.00. The Morgan fingerprint density at radius 1 is 1.54 bits per heavy atom. The number of rotatable bonds is 1. The molecule has 1 unspecified atom stereocenters. The predicted octanol–water partition coefficient (Wildman–Crippen LogP) is -0.979. The van der Waals surface area contributed by atoms with Crippen molar-refractivity contribution in [1.82, 2.24) is 10.6 Å². The van der Waals surface area contributed by atoms with Gasteiger partial charge in [-0.25, -0.2) is 0 Å². The monoisotopic (exact) mass is 190 g/mol. The summed E-state index contributed by atoms with van der Waals surface area (Å²) in [5, 5.41) is 22.6. The maximum Gasteiger partial charge on any atom is 0.300 e. The molecular formula is C8H18N2O3. The molecule has 4 N–H and O–H groups in total. The first kappa shape index (κ1) is 12.3. The van der Waals surface area contributed by atoms with Crippen molar-refractivity contribution in [1.29, 1.82) is 0 Å². The lowest BCUT2D eigenvalue weighted by Gasteiger charge is -2.10. The van der Waals surface area contributed by atoms with Crippen LogP contribution in [0.1, 0.15) is 13.3 Å². The molecule has 0 saturated carbocycles. The molecule has 0 spiro atoms.